The fourth-order valence-electron chi connectivity index (χ4n) is 2.88. The van der Waals surface area contributed by atoms with Gasteiger partial charge in [-0.3, -0.25) is 0 Å². The summed E-state index contributed by atoms with van der Waals surface area (Å²) in [7, 11) is 0. The molecule has 0 aromatic heterocycles. The average molecular weight is 181 g/mol. The fourth-order valence-corrected chi connectivity index (χ4v) is 2.88. The van der Waals surface area contributed by atoms with Crippen molar-refractivity contribution in [1.82, 2.24) is 5.32 Å². The summed E-state index contributed by atoms with van der Waals surface area (Å²) in [6, 6.07) is 0. The zero-order chi connectivity index (χ0) is 9.53. The van der Waals surface area contributed by atoms with Crippen molar-refractivity contribution in [3.05, 3.63) is 0 Å². The second kappa shape index (κ2) is 2.98. The number of hydrogen-bond acceptors (Lipinski definition) is 1. The first-order valence-electron chi connectivity index (χ1n) is 5.77. The Balaban J connectivity index is 2.00. The predicted molar refractivity (Wildman–Crippen MR) is 56.8 cm³/mol. The first-order valence-corrected chi connectivity index (χ1v) is 5.77. The van der Waals surface area contributed by atoms with E-state index in [1.54, 1.807) is 0 Å². The molecule has 0 aromatic rings. The van der Waals surface area contributed by atoms with Crippen molar-refractivity contribution in [3.63, 3.8) is 0 Å². The molecule has 0 aromatic carbocycles. The SMILES string of the molecule is CC(C)(C)[C@@H]1CCNC2(CCC2)C1. The molecule has 1 heterocycles. The van der Waals surface area contributed by atoms with E-state index in [1.807, 2.05) is 0 Å². The van der Waals surface area contributed by atoms with Crippen LogP contribution in [0, 0.1) is 11.3 Å². The minimum atomic E-state index is 0.519. The predicted octanol–water partition coefficient (Wildman–Crippen LogP) is 2.95. The molecule has 1 heteroatoms. The Morgan fingerprint density at radius 2 is 1.92 bits per heavy atom. The van der Waals surface area contributed by atoms with E-state index in [0.717, 1.165) is 5.92 Å². The van der Waals surface area contributed by atoms with Crippen molar-refractivity contribution >= 4 is 0 Å². The molecule has 1 nitrogen and oxygen atoms in total. The van der Waals surface area contributed by atoms with Gasteiger partial charge in [-0.2, -0.15) is 0 Å². The van der Waals surface area contributed by atoms with Crippen molar-refractivity contribution in [2.45, 2.75) is 58.4 Å². The quantitative estimate of drug-likeness (QED) is 0.606. The second-order valence-corrected chi connectivity index (χ2v) is 6.12. The first kappa shape index (κ1) is 9.51. The van der Waals surface area contributed by atoms with Gasteiger partial charge < -0.3 is 5.32 Å². The van der Waals surface area contributed by atoms with Gasteiger partial charge in [0.05, 0.1) is 0 Å². The van der Waals surface area contributed by atoms with Crippen molar-refractivity contribution in [1.29, 1.82) is 0 Å². The summed E-state index contributed by atoms with van der Waals surface area (Å²) in [5.74, 6) is 0.939. The van der Waals surface area contributed by atoms with Gasteiger partial charge in [-0.05, 0) is 50.0 Å². The monoisotopic (exact) mass is 181 g/mol. The van der Waals surface area contributed by atoms with Gasteiger partial charge in [0, 0.05) is 5.54 Å². The summed E-state index contributed by atoms with van der Waals surface area (Å²) in [6.07, 6.45) is 7.12. The molecule has 1 saturated heterocycles. The van der Waals surface area contributed by atoms with Crippen molar-refractivity contribution in [2.24, 2.45) is 11.3 Å². The van der Waals surface area contributed by atoms with E-state index < -0.39 is 0 Å². The molecule has 1 aliphatic carbocycles. The lowest BCUT2D eigenvalue weighted by Gasteiger charge is -2.51. The topological polar surface area (TPSA) is 12.0 Å². The maximum absolute atomic E-state index is 3.73. The highest BCUT2D eigenvalue weighted by Gasteiger charge is 2.43. The number of nitrogens with one attached hydrogen (secondary N) is 1. The summed E-state index contributed by atoms with van der Waals surface area (Å²) < 4.78 is 0. The summed E-state index contributed by atoms with van der Waals surface area (Å²) in [4.78, 5) is 0. The first-order chi connectivity index (χ1) is 6.02. The highest BCUT2D eigenvalue weighted by molar-refractivity contribution is 5.01. The lowest BCUT2D eigenvalue weighted by atomic mass is 9.63. The molecule has 1 N–H and O–H groups in total. The van der Waals surface area contributed by atoms with E-state index in [4.69, 9.17) is 0 Å². The van der Waals surface area contributed by atoms with Gasteiger partial charge in [-0.1, -0.05) is 20.8 Å². The van der Waals surface area contributed by atoms with Crippen molar-refractivity contribution < 1.29 is 0 Å². The maximum atomic E-state index is 3.73. The van der Waals surface area contributed by atoms with Crippen LogP contribution in [-0.4, -0.2) is 12.1 Å². The van der Waals surface area contributed by atoms with Gasteiger partial charge in [0.25, 0.3) is 0 Å². The zero-order valence-electron chi connectivity index (χ0n) is 9.32. The zero-order valence-corrected chi connectivity index (χ0v) is 9.32. The van der Waals surface area contributed by atoms with E-state index in [-0.39, 0.29) is 0 Å². The van der Waals surface area contributed by atoms with E-state index in [1.165, 1.54) is 38.6 Å². The minimum Gasteiger partial charge on any atom is -0.311 e. The molecule has 76 valence electrons. The molecular weight excluding hydrogens is 158 g/mol. The number of piperidine rings is 1. The summed E-state index contributed by atoms with van der Waals surface area (Å²) in [6.45, 7) is 8.45. The third-order valence-electron chi connectivity index (χ3n) is 4.17. The van der Waals surface area contributed by atoms with Gasteiger partial charge in [0.15, 0.2) is 0 Å². The molecule has 13 heavy (non-hydrogen) atoms. The smallest absolute Gasteiger partial charge is 0.0184 e. The molecule has 0 bridgehead atoms. The highest BCUT2D eigenvalue weighted by atomic mass is 15.0. The van der Waals surface area contributed by atoms with Gasteiger partial charge in [-0.25, -0.2) is 0 Å². The van der Waals surface area contributed by atoms with Crippen LogP contribution in [-0.2, 0) is 0 Å². The Kier molecular flexibility index (Phi) is 2.18. The van der Waals surface area contributed by atoms with E-state index in [2.05, 4.69) is 26.1 Å². The number of rotatable bonds is 0. The van der Waals surface area contributed by atoms with Crippen molar-refractivity contribution in [2.75, 3.05) is 6.54 Å². The van der Waals surface area contributed by atoms with Crippen molar-refractivity contribution in [3.8, 4) is 0 Å². The molecule has 1 atom stereocenters. The van der Waals surface area contributed by atoms with Crippen LogP contribution < -0.4 is 5.32 Å². The van der Waals surface area contributed by atoms with Gasteiger partial charge >= 0.3 is 0 Å². The molecule has 2 aliphatic rings. The minimum absolute atomic E-state index is 0.519. The molecule has 1 aliphatic heterocycles. The molecule has 2 fully saturated rings. The Labute approximate surface area is 82.3 Å². The summed E-state index contributed by atoms with van der Waals surface area (Å²) in [5, 5.41) is 3.73. The van der Waals surface area contributed by atoms with Gasteiger partial charge in [-0.15, -0.1) is 0 Å². The molecule has 1 saturated carbocycles. The third kappa shape index (κ3) is 1.76. The van der Waals surface area contributed by atoms with Crippen LogP contribution in [0.25, 0.3) is 0 Å². The Hall–Kier alpha value is -0.0400. The normalized spacial score (nSPS) is 33.0. The standard InChI is InChI=1S/C12H23N/c1-11(2,3)10-5-8-13-12(9-10)6-4-7-12/h10,13H,4-9H2,1-3H3/t10-/m1/s1. The van der Waals surface area contributed by atoms with E-state index in [0.29, 0.717) is 11.0 Å². The fraction of sp³-hybridized carbons (Fsp3) is 1.00. The van der Waals surface area contributed by atoms with Gasteiger partial charge in [0.1, 0.15) is 0 Å². The lowest BCUT2D eigenvalue weighted by molar-refractivity contribution is 0.0577. The van der Waals surface area contributed by atoms with E-state index >= 15 is 0 Å². The van der Waals surface area contributed by atoms with E-state index in [9.17, 15) is 0 Å². The molecule has 1 spiro atoms. The molecule has 0 unspecified atom stereocenters. The Morgan fingerprint density at radius 3 is 2.38 bits per heavy atom. The van der Waals surface area contributed by atoms with Crippen LogP contribution in [0.3, 0.4) is 0 Å². The maximum Gasteiger partial charge on any atom is 0.0184 e. The second-order valence-electron chi connectivity index (χ2n) is 6.12. The number of hydrogen-bond donors (Lipinski definition) is 1. The molecule has 2 rings (SSSR count). The van der Waals surface area contributed by atoms with Crippen LogP contribution in [0.1, 0.15) is 52.9 Å². The van der Waals surface area contributed by atoms with Crippen LogP contribution in [0.4, 0.5) is 0 Å². The Morgan fingerprint density at radius 1 is 1.23 bits per heavy atom. The molecule has 0 radical (unpaired) electrons. The summed E-state index contributed by atoms with van der Waals surface area (Å²) >= 11 is 0. The van der Waals surface area contributed by atoms with Gasteiger partial charge in [0.2, 0.25) is 0 Å². The molecular formula is C12H23N. The van der Waals surface area contributed by atoms with Crippen LogP contribution in [0.15, 0.2) is 0 Å². The molecule has 0 amide bonds. The van der Waals surface area contributed by atoms with Crippen LogP contribution in [0.5, 0.6) is 0 Å². The third-order valence-corrected chi connectivity index (χ3v) is 4.17. The average Bonchev–Trinajstić information content (AvgIpc) is 2.00. The van der Waals surface area contributed by atoms with Crippen LogP contribution >= 0.6 is 0 Å². The lowest BCUT2D eigenvalue weighted by Crippen LogP contribution is -2.57. The summed E-state index contributed by atoms with van der Waals surface area (Å²) in [5.41, 5.74) is 1.10. The Bertz CT molecular complexity index is 186. The van der Waals surface area contributed by atoms with Crippen LogP contribution in [0.2, 0.25) is 0 Å². The highest BCUT2D eigenvalue weighted by Crippen LogP contribution is 2.45. The largest absolute Gasteiger partial charge is 0.311 e.